The molecule has 0 radical (unpaired) electrons. The number of fused-ring (bicyclic) bond motifs is 1. The Labute approximate surface area is 170 Å². The lowest BCUT2D eigenvalue weighted by Crippen LogP contribution is -2.47. The first-order valence-corrected chi connectivity index (χ1v) is 10.3. The molecule has 2 aromatic rings. The number of nitrogens with one attached hydrogen (secondary N) is 2. The molecule has 1 aromatic carbocycles. The third-order valence-electron chi connectivity index (χ3n) is 5.66. The molecule has 1 unspecified atom stereocenters. The second-order valence-corrected chi connectivity index (χ2v) is 7.53. The van der Waals surface area contributed by atoms with Crippen molar-refractivity contribution < 1.29 is 9.18 Å². The molecule has 0 spiro atoms. The molecule has 1 aliphatic heterocycles. The fraction of sp³-hybridized carbons (Fsp3) is 0.476. The number of rotatable bonds is 6. The van der Waals surface area contributed by atoms with Gasteiger partial charge in [0.15, 0.2) is 0 Å². The van der Waals surface area contributed by atoms with Crippen LogP contribution in [0, 0.1) is 5.82 Å². The van der Waals surface area contributed by atoms with Crippen LogP contribution in [0.1, 0.15) is 30.0 Å². The highest BCUT2D eigenvalue weighted by atomic mass is 19.1. The van der Waals surface area contributed by atoms with Gasteiger partial charge in [-0.25, -0.2) is 19.2 Å². The van der Waals surface area contributed by atoms with Gasteiger partial charge in [0, 0.05) is 45.1 Å². The zero-order chi connectivity index (χ0) is 20.1. The second-order valence-electron chi connectivity index (χ2n) is 7.53. The van der Waals surface area contributed by atoms with Gasteiger partial charge < -0.3 is 15.5 Å². The van der Waals surface area contributed by atoms with Crippen LogP contribution in [0.5, 0.6) is 0 Å². The van der Waals surface area contributed by atoms with Crippen molar-refractivity contribution in [1.29, 1.82) is 0 Å². The summed E-state index contributed by atoms with van der Waals surface area (Å²) >= 11 is 0. The van der Waals surface area contributed by atoms with Crippen LogP contribution in [0.25, 0.3) is 0 Å². The summed E-state index contributed by atoms with van der Waals surface area (Å²) in [6.07, 6.45) is 5.86. The van der Waals surface area contributed by atoms with Gasteiger partial charge >= 0.3 is 6.03 Å². The summed E-state index contributed by atoms with van der Waals surface area (Å²) in [5, 5.41) is 5.90. The van der Waals surface area contributed by atoms with Crippen molar-refractivity contribution in [2.24, 2.45) is 0 Å². The van der Waals surface area contributed by atoms with Crippen LogP contribution in [-0.2, 0) is 6.42 Å². The summed E-state index contributed by atoms with van der Waals surface area (Å²) in [5.41, 5.74) is 1.64. The lowest BCUT2D eigenvalue weighted by Gasteiger charge is -2.34. The Bertz CT molecular complexity index is 825. The molecule has 2 aliphatic rings. The van der Waals surface area contributed by atoms with Crippen LogP contribution >= 0.6 is 0 Å². The van der Waals surface area contributed by atoms with Crippen molar-refractivity contribution in [2.75, 3.05) is 44.2 Å². The molecule has 7 nitrogen and oxygen atoms in total. The van der Waals surface area contributed by atoms with Gasteiger partial charge in [-0.2, -0.15) is 0 Å². The minimum Gasteiger partial charge on any atom is -0.338 e. The van der Waals surface area contributed by atoms with E-state index in [0.29, 0.717) is 13.0 Å². The molecule has 29 heavy (non-hydrogen) atoms. The Balaban J connectivity index is 1.13. The van der Waals surface area contributed by atoms with E-state index in [0.717, 1.165) is 62.6 Å². The van der Waals surface area contributed by atoms with Gasteiger partial charge in [-0.3, -0.25) is 4.90 Å². The van der Waals surface area contributed by atoms with Crippen molar-refractivity contribution in [1.82, 2.24) is 25.5 Å². The second kappa shape index (κ2) is 9.17. The first-order chi connectivity index (χ1) is 14.2. The average Bonchev–Trinajstić information content (AvgIpc) is 3.16. The summed E-state index contributed by atoms with van der Waals surface area (Å²) in [7, 11) is 0. The van der Waals surface area contributed by atoms with Gasteiger partial charge in [0.1, 0.15) is 5.82 Å². The number of carbonyl (C=O) groups is 1. The number of amides is 2. The lowest BCUT2D eigenvalue weighted by molar-refractivity contribution is 0.232. The molecule has 0 bridgehead atoms. The van der Waals surface area contributed by atoms with E-state index >= 15 is 0 Å². The molecule has 1 aliphatic carbocycles. The molecule has 1 saturated heterocycles. The van der Waals surface area contributed by atoms with Crippen LogP contribution in [0.2, 0.25) is 0 Å². The fourth-order valence-electron chi connectivity index (χ4n) is 4.10. The van der Waals surface area contributed by atoms with Gasteiger partial charge in [-0.05, 0) is 49.1 Å². The van der Waals surface area contributed by atoms with Crippen molar-refractivity contribution in [2.45, 2.75) is 25.3 Å². The molecule has 154 valence electrons. The van der Waals surface area contributed by atoms with Gasteiger partial charge in [0.05, 0.1) is 6.04 Å². The number of carbonyl (C=O) groups excluding carboxylic acids is 1. The number of anilines is 1. The van der Waals surface area contributed by atoms with Gasteiger partial charge in [-0.15, -0.1) is 0 Å². The van der Waals surface area contributed by atoms with Crippen molar-refractivity contribution in [3.63, 3.8) is 0 Å². The summed E-state index contributed by atoms with van der Waals surface area (Å²) in [5.74, 6) is 0.616. The molecular formula is C21H27FN6O. The molecule has 2 amide bonds. The van der Waals surface area contributed by atoms with E-state index < -0.39 is 0 Å². The van der Waals surface area contributed by atoms with E-state index in [1.54, 1.807) is 18.5 Å². The maximum absolute atomic E-state index is 13.8. The number of hydrogen-bond acceptors (Lipinski definition) is 5. The van der Waals surface area contributed by atoms with Crippen molar-refractivity contribution in [3.05, 3.63) is 53.6 Å². The Morgan fingerprint density at radius 1 is 1.14 bits per heavy atom. The molecule has 8 heteroatoms. The van der Waals surface area contributed by atoms with Crippen LogP contribution < -0.4 is 15.5 Å². The quantitative estimate of drug-likeness (QED) is 0.730. The Hall–Kier alpha value is -2.74. The van der Waals surface area contributed by atoms with Crippen LogP contribution in [-0.4, -0.2) is 60.2 Å². The molecule has 1 atom stereocenters. The first kappa shape index (κ1) is 19.6. The predicted octanol–water partition coefficient (Wildman–Crippen LogP) is 2.11. The van der Waals surface area contributed by atoms with E-state index in [9.17, 15) is 9.18 Å². The number of nitrogens with zero attached hydrogens (tertiary/aromatic N) is 4. The van der Waals surface area contributed by atoms with E-state index in [2.05, 4.69) is 30.4 Å². The third kappa shape index (κ3) is 4.82. The molecule has 4 rings (SSSR count). The minimum atomic E-state index is -0.182. The molecule has 1 fully saturated rings. The average molecular weight is 398 g/mol. The summed E-state index contributed by atoms with van der Waals surface area (Å²) in [6, 6.07) is 6.62. The van der Waals surface area contributed by atoms with E-state index in [-0.39, 0.29) is 17.9 Å². The molecule has 2 heterocycles. The normalized spacial score (nSPS) is 19.1. The Morgan fingerprint density at radius 2 is 1.93 bits per heavy atom. The Kier molecular flexibility index (Phi) is 6.19. The number of hydrogen-bond donors (Lipinski definition) is 2. The summed E-state index contributed by atoms with van der Waals surface area (Å²) < 4.78 is 13.8. The number of piperazine rings is 1. The zero-order valence-electron chi connectivity index (χ0n) is 16.5. The summed E-state index contributed by atoms with van der Waals surface area (Å²) in [6.45, 7) is 5.33. The Morgan fingerprint density at radius 3 is 2.72 bits per heavy atom. The first-order valence-electron chi connectivity index (χ1n) is 10.3. The number of halogens is 1. The van der Waals surface area contributed by atoms with Crippen LogP contribution in [0.4, 0.5) is 15.1 Å². The van der Waals surface area contributed by atoms with Crippen molar-refractivity contribution >= 4 is 12.0 Å². The van der Waals surface area contributed by atoms with E-state index in [4.69, 9.17) is 0 Å². The topological polar surface area (TPSA) is 73.4 Å². The van der Waals surface area contributed by atoms with Gasteiger partial charge in [0.25, 0.3) is 0 Å². The highest BCUT2D eigenvalue weighted by molar-refractivity contribution is 5.74. The monoisotopic (exact) mass is 398 g/mol. The maximum atomic E-state index is 13.8. The maximum Gasteiger partial charge on any atom is 0.315 e. The van der Waals surface area contributed by atoms with Crippen LogP contribution in [0.3, 0.4) is 0 Å². The zero-order valence-corrected chi connectivity index (χ0v) is 16.5. The minimum absolute atomic E-state index is 0.103. The highest BCUT2D eigenvalue weighted by Crippen LogP contribution is 2.32. The lowest BCUT2D eigenvalue weighted by atomic mass is 10.1. The standard InChI is InChI=1S/C21H27FN6O/c22-18-5-1-4-17-16(18)6-7-19(17)26-21(29)25-10-3-11-27-12-14-28(15-13-27)20-23-8-2-9-24-20/h1-2,4-5,8-9,19H,3,6-7,10-15H2,(H2,25,26,29). The van der Waals surface area contributed by atoms with Crippen LogP contribution in [0.15, 0.2) is 36.7 Å². The van der Waals surface area contributed by atoms with E-state index in [1.807, 2.05) is 12.1 Å². The SMILES string of the molecule is O=C(NCCCN1CCN(c2ncccn2)CC1)NC1CCc2c(F)cccc21. The highest BCUT2D eigenvalue weighted by Gasteiger charge is 2.26. The summed E-state index contributed by atoms with van der Waals surface area (Å²) in [4.78, 5) is 25.4. The van der Waals surface area contributed by atoms with Gasteiger partial charge in [-0.1, -0.05) is 12.1 Å². The molecule has 2 N–H and O–H groups in total. The molecule has 1 aromatic heterocycles. The number of urea groups is 1. The molecular weight excluding hydrogens is 371 g/mol. The predicted molar refractivity (Wildman–Crippen MR) is 109 cm³/mol. The van der Waals surface area contributed by atoms with E-state index in [1.165, 1.54) is 6.07 Å². The molecule has 0 saturated carbocycles. The smallest absolute Gasteiger partial charge is 0.315 e. The third-order valence-corrected chi connectivity index (χ3v) is 5.66. The largest absolute Gasteiger partial charge is 0.338 e. The van der Waals surface area contributed by atoms with Crippen molar-refractivity contribution in [3.8, 4) is 0 Å². The fourth-order valence-corrected chi connectivity index (χ4v) is 4.10. The number of aromatic nitrogens is 2. The van der Waals surface area contributed by atoms with Gasteiger partial charge in [0.2, 0.25) is 5.95 Å². The number of benzene rings is 1.